The van der Waals surface area contributed by atoms with Crippen LogP contribution in [-0.2, 0) is 0 Å². The summed E-state index contributed by atoms with van der Waals surface area (Å²) in [6.45, 7) is 0. The second-order valence-corrected chi connectivity index (χ2v) is 4.13. The zero-order chi connectivity index (χ0) is 10.3. The van der Waals surface area contributed by atoms with Gasteiger partial charge in [-0.1, -0.05) is 6.07 Å². The molecule has 3 N–H and O–H groups in total. The fourth-order valence-electron chi connectivity index (χ4n) is 1.71. The maximum absolute atomic E-state index is 5.95. The summed E-state index contributed by atoms with van der Waals surface area (Å²) in [6.07, 6.45) is 0. The van der Waals surface area contributed by atoms with Crippen LogP contribution in [0.3, 0.4) is 0 Å². The number of aromatic nitrogens is 2. The van der Waals surface area contributed by atoms with Crippen LogP contribution < -0.4 is 5.73 Å². The molecule has 0 saturated carbocycles. The van der Waals surface area contributed by atoms with E-state index < -0.39 is 0 Å². The van der Waals surface area contributed by atoms with Gasteiger partial charge in [0, 0.05) is 16.6 Å². The molecular weight excluding hydrogens is 206 g/mol. The molecule has 0 aliphatic rings. The van der Waals surface area contributed by atoms with E-state index in [9.17, 15) is 0 Å². The van der Waals surface area contributed by atoms with Crippen LogP contribution in [0.2, 0.25) is 0 Å². The second-order valence-electron chi connectivity index (χ2n) is 3.35. The highest BCUT2D eigenvalue weighted by Crippen LogP contribution is 2.31. The second kappa shape index (κ2) is 3.10. The molecule has 0 bridgehead atoms. The molecule has 1 aromatic carbocycles. The highest BCUT2D eigenvalue weighted by Gasteiger charge is 2.10. The lowest BCUT2D eigenvalue weighted by Crippen LogP contribution is -1.85. The van der Waals surface area contributed by atoms with Gasteiger partial charge in [0.2, 0.25) is 0 Å². The Morgan fingerprint density at radius 2 is 2.20 bits per heavy atom. The molecular formula is C11H9N3S. The molecule has 0 fully saturated rings. The first-order valence-electron chi connectivity index (χ1n) is 4.61. The SMILES string of the molecule is Nc1cccc2[nH]nc(-c3ccsc3)c12. The topological polar surface area (TPSA) is 54.7 Å². The summed E-state index contributed by atoms with van der Waals surface area (Å²) in [4.78, 5) is 0. The van der Waals surface area contributed by atoms with Crippen molar-refractivity contribution in [3.05, 3.63) is 35.0 Å². The van der Waals surface area contributed by atoms with Gasteiger partial charge in [-0.2, -0.15) is 16.4 Å². The van der Waals surface area contributed by atoms with E-state index in [4.69, 9.17) is 5.73 Å². The molecule has 2 aromatic heterocycles. The van der Waals surface area contributed by atoms with Gasteiger partial charge in [-0.15, -0.1) is 0 Å². The third-order valence-corrected chi connectivity index (χ3v) is 3.10. The highest BCUT2D eigenvalue weighted by molar-refractivity contribution is 7.08. The Morgan fingerprint density at radius 1 is 1.27 bits per heavy atom. The first kappa shape index (κ1) is 8.49. The van der Waals surface area contributed by atoms with Crippen LogP contribution in [0.25, 0.3) is 22.2 Å². The third-order valence-electron chi connectivity index (χ3n) is 2.42. The van der Waals surface area contributed by atoms with E-state index in [0.717, 1.165) is 27.8 Å². The summed E-state index contributed by atoms with van der Waals surface area (Å²) in [5.41, 5.74) is 9.75. The summed E-state index contributed by atoms with van der Waals surface area (Å²) < 4.78 is 0. The predicted molar refractivity (Wildman–Crippen MR) is 63.8 cm³/mol. The summed E-state index contributed by atoms with van der Waals surface area (Å²) in [5.74, 6) is 0. The molecule has 0 radical (unpaired) electrons. The van der Waals surface area contributed by atoms with Crippen LogP contribution in [0.5, 0.6) is 0 Å². The van der Waals surface area contributed by atoms with Gasteiger partial charge in [0.05, 0.1) is 10.9 Å². The Morgan fingerprint density at radius 3 is 3.00 bits per heavy atom. The molecule has 0 atom stereocenters. The van der Waals surface area contributed by atoms with Crippen molar-refractivity contribution in [1.82, 2.24) is 10.2 Å². The minimum absolute atomic E-state index is 0.766. The summed E-state index contributed by atoms with van der Waals surface area (Å²) in [5, 5.41) is 12.4. The minimum atomic E-state index is 0.766. The Bertz CT molecular complexity index is 595. The van der Waals surface area contributed by atoms with Crippen molar-refractivity contribution in [3.63, 3.8) is 0 Å². The quantitative estimate of drug-likeness (QED) is 0.613. The van der Waals surface area contributed by atoms with Crippen molar-refractivity contribution < 1.29 is 0 Å². The van der Waals surface area contributed by atoms with Crippen LogP contribution in [0, 0.1) is 0 Å². The molecule has 74 valence electrons. The van der Waals surface area contributed by atoms with Crippen molar-refractivity contribution in [2.24, 2.45) is 0 Å². The lowest BCUT2D eigenvalue weighted by atomic mass is 10.1. The van der Waals surface area contributed by atoms with E-state index in [-0.39, 0.29) is 0 Å². The van der Waals surface area contributed by atoms with Gasteiger partial charge < -0.3 is 5.73 Å². The Balaban J connectivity index is 2.37. The average molecular weight is 215 g/mol. The third kappa shape index (κ3) is 1.22. The minimum Gasteiger partial charge on any atom is -0.398 e. The normalized spacial score (nSPS) is 10.9. The van der Waals surface area contributed by atoms with Crippen molar-refractivity contribution in [1.29, 1.82) is 0 Å². The summed E-state index contributed by atoms with van der Waals surface area (Å²) >= 11 is 1.66. The first-order valence-corrected chi connectivity index (χ1v) is 5.55. The molecule has 0 aliphatic heterocycles. The number of hydrogen-bond donors (Lipinski definition) is 2. The number of nitrogens with one attached hydrogen (secondary N) is 1. The number of nitrogens with two attached hydrogens (primary N) is 1. The number of benzene rings is 1. The standard InChI is InChI=1S/C11H9N3S/c12-8-2-1-3-9-10(8)11(14-13-9)7-4-5-15-6-7/h1-6H,12H2,(H,13,14). The summed E-state index contributed by atoms with van der Waals surface area (Å²) in [6, 6.07) is 7.85. The van der Waals surface area contributed by atoms with Crippen molar-refractivity contribution in [3.8, 4) is 11.3 Å². The first-order chi connectivity index (χ1) is 7.36. The zero-order valence-electron chi connectivity index (χ0n) is 7.90. The number of thiophene rings is 1. The van der Waals surface area contributed by atoms with E-state index in [2.05, 4.69) is 15.6 Å². The van der Waals surface area contributed by atoms with Gasteiger partial charge in [-0.3, -0.25) is 5.10 Å². The number of hydrogen-bond acceptors (Lipinski definition) is 3. The van der Waals surface area contributed by atoms with Gasteiger partial charge >= 0.3 is 0 Å². The number of H-pyrrole nitrogens is 1. The number of nitrogens with zero attached hydrogens (tertiary/aromatic N) is 1. The zero-order valence-corrected chi connectivity index (χ0v) is 8.71. The van der Waals surface area contributed by atoms with Crippen molar-refractivity contribution in [2.45, 2.75) is 0 Å². The fraction of sp³-hybridized carbons (Fsp3) is 0. The number of anilines is 1. The maximum atomic E-state index is 5.95. The number of aromatic amines is 1. The van der Waals surface area contributed by atoms with Gasteiger partial charge in [-0.25, -0.2) is 0 Å². The van der Waals surface area contributed by atoms with Gasteiger partial charge in [-0.05, 0) is 23.6 Å². The predicted octanol–water partition coefficient (Wildman–Crippen LogP) is 2.87. The number of fused-ring (bicyclic) bond motifs is 1. The van der Waals surface area contributed by atoms with E-state index in [1.54, 1.807) is 11.3 Å². The van der Waals surface area contributed by atoms with Gasteiger partial charge in [0.25, 0.3) is 0 Å². The highest BCUT2D eigenvalue weighted by atomic mass is 32.1. The fourth-order valence-corrected chi connectivity index (χ4v) is 2.35. The molecule has 0 unspecified atom stereocenters. The molecule has 3 aromatic rings. The monoisotopic (exact) mass is 215 g/mol. The molecule has 15 heavy (non-hydrogen) atoms. The molecule has 3 rings (SSSR count). The number of nitrogen functional groups attached to an aromatic ring is 1. The lowest BCUT2D eigenvalue weighted by molar-refractivity contribution is 1.12. The van der Waals surface area contributed by atoms with Crippen LogP contribution in [-0.4, -0.2) is 10.2 Å². The van der Waals surface area contributed by atoms with E-state index in [1.807, 2.05) is 29.6 Å². The van der Waals surface area contributed by atoms with Crippen LogP contribution in [0.15, 0.2) is 35.0 Å². The van der Waals surface area contributed by atoms with Crippen LogP contribution in [0.4, 0.5) is 5.69 Å². The number of rotatable bonds is 1. The maximum Gasteiger partial charge on any atom is 0.103 e. The largest absolute Gasteiger partial charge is 0.398 e. The Labute approximate surface area is 90.5 Å². The average Bonchev–Trinajstić information content (AvgIpc) is 2.85. The van der Waals surface area contributed by atoms with E-state index >= 15 is 0 Å². The smallest absolute Gasteiger partial charge is 0.103 e. The molecule has 0 spiro atoms. The Hall–Kier alpha value is -1.81. The molecule has 0 aliphatic carbocycles. The molecule has 3 nitrogen and oxygen atoms in total. The van der Waals surface area contributed by atoms with Gasteiger partial charge in [0.1, 0.15) is 5.69 Å². The molecule has 0 amide bonds. The summed E-state index contributed by atoms with van der Waals surface area (Å²) in [7, 11) is 0. The van der Waals surface area contributed by atoms with Gasteiger partial charge in [0.15, 0.2) is 0 Å². The molecule has 0 saturated heterocycles. The van der Waals surface area contributed by atoms with Crippen LogP contribution >= 0.6 is 11.3 Å². The molecule has 4 heteroatoms. The van der Waals surface area contributed by atoms with Crippen molar-refractivity contribution in [2.75, 3.05) is 5.73 Å². The van der Waals surface area contributed by atoms with Crippen LogP contribution in [0.1, 0.15) is 0 Å². The Kier molecular flexibility index (Phi) is 1.76. The van der Waals surface area contributed by atoms with E-state index in [0.29, 0.717) is 0 Å². The van der Waals surface area contributed by atoms with Crippen molar-refractivity contribution >= 4 is 27.9 Å². The lowest BCUT2D eigenvalue weighted by Gasteiger charge is -1.97. The molecule has 2 heterocycles. The van der Waals surface area contributed by atoms with E-state index in [1.165, 1.54) is 0 Å².